The van der Waals surface area contributed by atoms with E-state index < -0.39 is 9.84 Å². The quantitative estimate of drug-likeness (QED) is 0.202. The van der Waals surface area contributed by atoms with Crippen molar-refractivity contribution >= 4 is 42.4 Å². The maximum Gasteiger partial charge on any atom is 0.206 e. The molecular weight excluding hydrogens is 542 g/mol. The van der Waals surface area contributed by atoms with Crippen LogP contribution in [0.5, 0.6) is 11.5 Å². The predicted molar refractivity (Wildman–Crippen MR) is 169 cm³/mol. The smallest absolute Gasteiger partial charge is 0.206 e. The van der Waals surface area contributed by atoms with Gasteiger partial charge in [0.2, 0.25) is 9.84 Å². The Labute approximate surface area is 244 Å². The zero-order valence-electron chi connectivity index (χ0n) is 23.1. The van der Waals surface area contributed by atoms with E-state index in [4.69, 9.17) is 9.47 Å². The van der Waals surface area contributed by atoms with Crippen LogP contribution >= 0.6 is 0 Å². The highest BCUT2D eigenvalue weighted by atomic mass is 32.2. The number of fused-ring (bicyclic) bond motifs is 4. The Morgan fingerprint density at radius 3 is 1.69 bits per heavy atom. The summed E-state index contributed by atoms with van der Waals surface area (Å²) in [5.74, 6) is 1.61. The monoisotopic (exact) mass is 569 g/mol. The van der Waals surface area contributed by atoms with Gasteiger partial charge in [0.05, 0.1) is 35.0 Å². The topological polar surface area (TPSA) is 57.5 Å². The number of rotatable bonds is 6. The lowest BCUT2D eigenvalue weighted by Gasteiger charge is -2.11. The van der Waals surface area contributed by atoms with Gasteiger partial charge in [-0.1, -0.05) is 48.5 Å². The van der Waals surface area contributed by atoms with Crippen molar-refractivity contribution in [3.05, 3.63) is 127 Å². The SMILES string of the molecule is COc1ccc2c(c1)c1cc(OC)ccc1n2-c1ccc2cc(-c3ccc(S(=O)(=O)c4ccccc4)cc3)ccc2c1. The van der Waals surface area contributed by atoms with E-state index in [1.165, 1.54) is 0 Å². The van der Waals surface area contributed by atoms with Crippen LogP contribution in [0.1, 0.15) is 0 Å². The molecular formula is C36H27NO4S. The first-order valence-electron chi connectivity index (χ1n) is 13.6. The van der Waals surface area contributed by atoms with Gasteiger partial charge in [0.15, 0.2) is 0 Å². The molecule has 6 aromatic carbocycles. The molecule has 5 nitrogen and oxygen atoms in total. The summed E-state index contributed by atoms with van der Waals surface area (Å²) >= 11 is 0. The molecule has 1 heterocycles. The summed E-state index contributed by atoms with van der Waals surface area (Å²) in [6.45, 7) is 0. The van der Waals surface area contributed by atoms with Crippen molar-refractivity contribution in [2.24, 2.45) is 0 Å². The van der Waals surface area contributed by atoms with Crippen LogP contribution in [-0.2, 0) is 9.84 Å². The van der Waals surface area contributed by atoms with E-state index in [0.717, 1.165) is 60.9 Å². The third kappa shape index (κ3) is 4.28. The lowest BCUT2D eigenvalue weighted by molar-refractivity contribution is 0.415. The van der Waals surface area contributed by atoms with Crippen molar-refractivity contribution < 1.29 is 17.9 Å². The molecule has 42 heavy (non-hydrogen) atoms. The van der Waals surface area contributed by atoms with Crippen LogP contribution < -0.4 is 9.47 Å². The van der Waals surface area contributed by atoms with Crippen molar-refractivity contribution in [1.29, 1.82) is 0 Å². The number of aromatic nitrogens is 1. The Bertz CT molecular complexity index is 2160. The number of hydrogen-bond acceptors (Lipinski definition) is 4. The van der Waals surface area contributed by atoms with E-state index in [2.05, 4.69) is 65.2 Å². The molecule has 6 heteroatoms. The molecule has 206 valence electrons. The molecule has 0 bridgehead atoms. The van der Waals surface area contributed by atoms with E-state index in [-0.39, 0.29) is 4.90 Å². The summed E-state index contributed by atoms with van der Waals surface area (Å²) in [5.41, 5.74) is 5.20. The summed E-state index contributed by atoms with van der Waals surface area (Å²) in [4.78, 5) is 0.574. The zero-order valence-corrected chi connectivity index (χ0v) is 23.9. The van der Waals surface area contributed by atoms with Gasteiger partial charge < -0.3 is 14.0 Å². The average Bonchev–Trinajstić information content (AvgIpc) is 3.37. The molecule has 0 aliphatic rings. The summed E-state index contributed by atoms with van der Waals surface area (Å²) in [5, 5.41) is 4.39. The largest absolute Gasteiger partial charge is 0.497 e. The van der Waals surface area contributed by atoms with Crippen LogP contribution in [0.25, 0.3) is 49.4 Å². The van der Waals surface area contributed by atoms with Crippen LogP contribution in [0.15, 0.2) is 137 Å². The molecule has 0 fully saturated rings. The molecule has 1 aromatic heterocycles. The highest BCUT2D eigenvalue weighted by Crippen LogP contribution is 2.37. The van der Waals surface area contributed by atoms with E-state index >= 15 is 0 Å². The maximum absolute atomic E-state index is 13.0. The van der Waals surface area contributed by atoms with Crippen LogP contribution in [0.3, 0.4) is 0 Å². The lowest BCUT2D eigenvalue weighted by Crippen LogP contribution is -2.01. The summed E-state index contributed by atoms with van der Waals surface area (Å²) in [6.07, 6.45) is 0. The van der Waals surface area contributed by atoms with Crippen molar-refractivity contribution in [2.75, 3.05) is 14.2 Å². The normalized spacial score (nSPS) is 11.8. The minimum absolute atomic E-state index is 0.282. The maximum atomic E-state index is 13.0. The van der Waals surface area contributed by atoms with E-state index in [9.17, 15) is 8.42 Å². The molecule has 7 aromatic rings. The fourth-order valence-corrected chi connectivity index (χ4v) is 6.91. The van der Waals surface area contributed by atoms with Crippen molar-refractivity contribution in [3.8, 4) is 28.3 Å². The van der Waals surface area contributed by atoms with Gasteiger partial charge in [0.25, 0.3) is 0 Å². The van der Waals surface area contributed by atoms with Crippen molar-refractivity contribution in [3.63, 3.8) is 0 Å². The fourth-order valence-electron chi connectivity index (χ4n) is 5.63. The fraction of sp³-hybridized carbons (Fsp3) is 0.0556. The van der Waals surface area contributed by atoms with Gasteiger partial charge >= 0.3 is 0 Å². The summed E-state index contributed by atoms with van der Waals surface area (Å²) < 4.78 is 39.3. The van der Waals surface area contributed by atoms with Crippen molar-refractivity contribution in [2.45, 2.75) is 9.79 Å². The van der Waals surface area contributed by atoms with Crippen LogP contribution in [0, 0.1) is 0 Å². The minimum atomic E-state index is -3.55. The lowest BCUT2D eigenvalue weighted by atomic mass is 10.0. The molecule has 7 rings (SSSR count). The number of hydrogen-bond donors (Lipinski definition) is 0. The Balaban J connectivity index is 1.28. The highest BCUT2D eigenvalue weighted by Gasteiger charge is 2.18. The van der Waals surface area contributed by atoms with Gasteiger partial charge in [-0.05, 0) is 101 Å². The van der Waals surface area contributed by atoms with Gasteiger partial charge in [-0.25, -0.2) is 8.42 Å². The molecule has 0 spiro atoms. The first kappa shape index (κ1) is 25.9. The molecule has 0 saturated heterocycles. The molecule has 0 unspecified atom stereocenters. The molecule has 0 amide bonds. The second-order valence-electron chi connectivity index (χ2n) is 10.2. The number of ether oxygens (including phenoxy) is 2. The Hall–Kier alpha value is -5.07. The number of nitrogens with zero attached hydrogens (tertiary/aromatic N) is 1. The second-order valence-corrected chi connectivity index (χ2v) is 12.1. The molecule has 0 N–H and O–H groups in total. The second kappa shape index (κ2) is 10.1. The van der Waals surface area contributed by atoms with Gasteiger partial charge in [-0.2, -0.15) is 0 Å². The Morgan fingerprint density at radius 2 is 1.07 bits per heavy atom. The third-order valence-corrected chi connectivity index (χ3v) is 9.60. The van der Waals surface area contributed by atoms with E-state index in [0.29, 0.717) is 4.90 Å². The predicted octanol–water partition coefficient (Wildman–Crippen LogP) is 8.45. The molecule has 0 atom stereocenters. The highest BCUT2D eigenvalue weighted by molar-refractivity contribution is 7.91. The van der Waals surface area contributed by atoms with Gasteiger partial charge in [-0.15, -0.1) is 0 Å². The third-order valence-electron chi connectivity index (χ3n) is 7.81. The standard InChI is InChI=1S/C36H27NO4S/c1-40-29-14-18-35-33(22-29)34-23-30(41-2)15-19-36(34)37(35)28-13-10-26-20-25(8-9-27(26)21-28)24-11-16-32(17-12-24)42(38,39)31-6-4-3-5-7-31/h3-23H,1-2H3. The first-order chi connectivity index (χ1) is 20.5. The van der Waals surface area contributed by atoms with Gasteiger partial charge in [0.1, 0.15) is 11.5 Å². The Kier molecular flexibility index (Phi) is 6.21. The van der Waals surface area contributed by atoms with Gasteiger partial charge in [-0.3, -0.25) is 0 Å². The summed E-state index contributed by atoms with van der Waals surface area (Å²) in [6, 6.07) is 40.7. The van der Waals surface area contributed by atoms with Crippen LogP contribution in [-0.4, -0.2) is 27.2 Å². The van der Waals surface area contributed by atoms with Crippen molar-refractivity contribution in [1.82, 2.24) is 4.57 Å². The summed E-state index contributed by atoms with van der Waals surface area (Å²) in [7, 11) is -0.194. The molecule has 0 radical (unpaired) electrons. The molecule has 0 aliphatic carbocycles. The van der Waals surface area contributed by atoms with Gasteiger partial charge in [0, 0.05) is 16.5 Å². The Morgan fingerprint density at radius 1 is 0.524 bits per heavy atom. The zero-order chi connectivity index (χ0) is 28.8. The molecule has 0 saturated carbocycles. The van der Waals surface area contributed by atoms with Crippen LogP contribution in [0.2, 0.25) is 0 Å². The number of benzene rings is 6. The molecule has 0 aliphatic heterocycles. The minimum Gasteiger partial charge on any atom is -0.497 e. The number of methoxy groups -OCH3 is 2. The van der Waals surface area contributed by atoms with Crippen LogP contribution in [0.4, 0.5) is 0 Å². The first-order valence-corrected chi connectivity index (χ1v) is 15.1. The average molecular weight is 570 g/mol. The van der Waals surface area contributed by atoms with E-state index in [1.807, 2.05) is 30.3 Å². The van der Waals surface area contributed by atoms with E-state index in [1.54, 1.807) is 50.6 Å². The number of sulfone groups is 1.